The van der Waals surface area contributed by atoms with Crippen molar-refractivity contribution in [1.29, 1.82) is 0 Å². The standard InChI is InChI=1S/C23H29Br2N2O7P/c1-15(2)32-22(28)16(3)26-35(30,33-18-9-7-6-8-10-18)34-21-19(24)13-17(14-20(21)25)23(29)31-12-11-27(4)5/h6-10,13-16H,11-12H2,1-5H3,(H,26,30). The van der Waals surface area contributed by atoms with Crippen LogP contribution in [0.1, 0.15) is 31.1 Å². The van der Waals surface area contributed by atoms with Crippen LogP contribution in [0.3, 0.4) is 0 Å². The zero-order valence-corrected chi connectivity index (χ0v) is 24.2. The number of hydrogen-bond donors (Lipinski definition) is 1. The Hall–Kier alpha value is -1.91. The second-order valence-corrected chi connectivity index (χ2v) is 11.4. The van der Waals surface area contributed by atoms with Crippen molar-refractivity contribution < 1.29 is 32.7 Å². The van der Waals surface area contributed by atoms with E-state index in [-0.39, 0.29) is 29.8 Å². The van der Waals surface area contributed by atoms with Crippen LogP contribution in [0.25, 0.3) is 0 Å². The van der Waals surface area contributed by atoms with Crippen LogP contribution in [0.2, 0.25) is 0 Å². The van der Waals surface area contributed by atoms with Crippen molar-refractivity contribution in [3.8, 4) is 11.5 Å². The van der Waals surface area contributed by atoms with Crippen LogP contribution in [-0.4, -0.2) is 56.2 Å². The summed E-state index contributed by atoms with van der Waals surface area (Å²) < 4.78 is 36.4. The van der Waals surface area contributed by atoms with Gasteiger partial charge in [-0.25, -0.2) is 9.36 Å². The fraction of sp³-hybridized carbons (Fsp3) is 0.391. The Bertz CT molecular complexity index is 1040. The van der Waals surface area contributed by atoms with E-state index in [1.165, 1.54) is 19.1 Å². The number of rotatable bonds is 12. The van der Waals surface area contributed by atoms with E-state index in [1.807, 2.05) is 19.0 Å². The molecule has 0 fully saturated rings. The zero-order valence-electron chi connectivity index (χ0n) is 20.1. The lowest BCUT2D eigenvalue weighted by Crippen LogP contribution is -2.36. The molecular formula is C23H29Br2N2O7P. The second-order valence-electron chi connectivity index (χ2n) is 8.04. The van der Waals surface area contributed by atoms with E-state index in [2.05, 4.69) is 36.9 Å². The third-order valence-corrected chi connectivity index (χ3v) is 7.00. The van der Waals surface area contributed by atoms with Crippen LogP contribution >= 0.6 is 39.6 Å². The van der Waals surface area contributed by atoms with Crippen molar-refractivity contribution >= 4 is 51.5 Å². The lowest BCUT2D eigenvalue weighted by Gasteiger charge is -2.24. The molecule has 35 heavy (non-hydrogen) atoms. The predicted octanol–water partition coefficient (Wildman–Crippen LogP) is 5.43. The molecule has 2 rings (SSSR count). The van der Waals surface area contributed by atoms with Gasteiger partial charge in [-0.2, -0.15) is 5.09 Å². The molecule has 0 aliphatic rings. The summed E-state index contributed by atoms with van der Waals surface area (Å²) >= 11 is 6.71. The Kier molecular flexibility index (Phi) is 11.2. The topological polar surface area (TPSA) is 103 Å². The highest BCUT2D eigenvalue weighted by Crippen LogP contribution is 2.49. The van der Waals surface area contributed by atoms with Gasteiger partial charge in [0.05, 0.1) is 20.6 Å². The van der Waals surface area contributed by atoms with Crippen LogP contribution in [-0.2, 0) is 18.8 Å². The molecule has 0 saturated carbocycles. The largest absolute Gasteiger partial charge is 0.513 e. The Morgan fingerprint density at radius 2 is 1.63 bits per heavy atom. The predicted molar refractivity (Wildman–Crippen MR) is 140 cm³/mol. The van der Waals surface area contributed by atoms with Gasteiger partial charge in [-0.1, -0.05) is 18.2 Å². The number of esters is 2. The summed E-state index contributed by atoms with van der Waals surface area (Å²) in [5, 5.41) is 2.62. The number of nitrogens with zero attached hydrogens (tertiary/aromatic N) is 1. The van der Waals surface area contributed by atoms with Gasteiger partial charge in [0, 0.05) is 6.54 Å². The molecule has 0 bridgehead atoms. The van der Waals surface area contributed by atoms with Crippen molar-refractivity contribution in [2.75, 3.05) is 27.2 Å². The third-order valence-electron chi connectivity index (χ3n) is 4.24. The summed E-state index contributed by atoms with van der Waals surface area (Å²) in [6.45, 7) is 5.73. The van der Waals surface area contributed by atoms with Crippen molar-refractivity contribution in [3.63, 3.8) is 0 Å². The summed E-state index contributed by atoms with van der Waals surface area (Å²) in [6, 6.07) is 10.4. The fourth-order valence-corrected chi connectivity index (χ4v) is 5.76. The fourth-order valence-electron chi connectivity index (χ4n) is 2.61. The monoisotopic (exact) mass is 634 g/mol. The van der Waals surface area contributed by atoms with Gasteiger partial charge in [0.25, 0.3) is 0 Å². The van der Waals surface area contributed by atoms with E-state index in [0.29, 0.717) is 15.5 Å². The number of hydrogen-bond acceptors (Lipinski definition) is 8. The molecule has 2 atom stereocenters. The molecule has 1 N–H and O–H groups in total. The number of likely N-dealkylation sites (N-methyl/N-ethyl adjacent to an activating group) is 1. The molecule has 0 amide bonds. The molecule has 12 heteroatoms. The molecule has 192 valence electrons. The van der Waals surface area contributed by atoms with Crippen molar-refractivity contribution in [1.82, 2.24) is 9.99 Å². The van der Waals surface area contributed by atoms with Crippen molar-refractivity contribution in [3.05, 3.63) is 57.0 Å². The van der Waals surface area contributed by atoms with E-state index >= 15 is 0 Å². The molecule has 0 saturated heterocycles. The molecule has 0 aromatic heterocycles. The Morgan fingerprint density at radius 3 is 2.17 bits per heavy atom. The van der Waals surface area contributed by atoms with Gasteiger partial charge < -0.3 is 23.4 Å². The first-order valence-electron chi connectivity index (χ1n) is 10.7. The molecule has 0 spiro atoms. The average molecular weight is 636 g/mol. The van der Waals surface area contributed by atoms with Gasteiger partial charge in [0.1, 0.15) is 18.4 Å². The Morgan fingerprint density at radius 1 is 1.03 bits per heavy atom. The third kappa shape index (κ3) is 9.57. The summed E-state index contributed by atoms with van der Waals surface area (Å²) in [5.41, 5.74) is 0.260. The number of para-hydroxylation sites is 1. The number of carbonyl (C=O) groups excluding carboxylic acids is 2. The number of ether oxygens (including phenoxy) is 2. The van der Waals surface area contributed by atoms with Crippen LogP contribution in [0.5, 0.6) is 11.5 Å². The molecule has 0 heterocycles. The maximum atomic E-state index is 13.8. The number of benzene rings is 2. The SMILES string of the molecule is CC(C)OC(=O)C(C)NP(=O)(Oc1ccccc1)Oc1c(Br)cc(C(=O)OCCN(C)C)cc1Br. The second kappa shape index (κ2) is 13.4. The summed E-state index contributed by atoms with van der Waals surface area (Å²) in [5.74, 6) is -0.770. The zero-order chi connectivity index (χ0) is 26.2. The first kappa shape index (κ1) is 29.3. The quantitative estimate of drug-likeness (QED) is 0.242. The van der Waals surface area contributed by atoms with E-state index in [9.17, 15) is 14.2 Å². The lowest BCUT2D eigenvalue weighted by atomic mass is 10.2. The maximum Gasteiger partial charge on any atom is 0.513 e. The minimum Gasteiger partial charge on any atom is -0.462 e. The smallest absolute Gasteiger partial charge is 0.462 e. The van der Waals surface area contributed by atoms with E-state index in [4.69, 9.17) is 18.5 Å². The lowest BCUT2D eigenvalue weighted by molar-refractivity contribution is -0.149. The van der Waals surface area contributed by atoms with Crippen molar-refractivity contribution in [2.24, 2.45) is 0 Å². The minimum atomic E-state index is -4.17. The van der Waals surface area contributed by atoms with Gasteiger partial charge in [-0.3, -0.25) is 4.79 Å². The highest BCUT2D eigenvalue weighted by molar-refractivity contribution is 9.11. The molecule has 0 aliphatic heterocycles. The van der Waals surface area contributed by atoms with Gasteiger partial charge in [-0.15, -0.1) is 0 Å². The van der Waals surface area contributed by atoms with Gasteiger partial charge in [0.2, 0.25) is 0 Å². The molecule has 2 aromatic rings. The van der Waals surface area contributed by atoms with Gasteiger partial charge >= 0.3 is 19.7 Å². The molecule has 9 nitrogen and oxygen atoms in total. The minimum absolute atomic E-state index is 0.103. The van der Waals surface area contributed by atoms with E-state index in [0.717, 1.165) is 0 Å². The molecule has 2 aromatic carbocycles. The van der Waals surface area contributed by atoms with Crippen LogP contribution in [0.15, 0.2) is 51.4 Å². The highest BCUT2D eigenvalue weighted by Gasteiger charge is 2.35. The Balaban J connectivity index is 2.30. The summed E-state index contributed by atoms with van der Waals surface area (Å²) in [7, 11) is -0.420. The van der Waals surface area contributed by atoms with E-state index in [1.54, 1.807) is 44.2 Å². The molecule has 0 radical (unpaired) electrons. The average Bonchev–Trinajstić information content (AvgIpc) is 2.76. The van der Waals surface area contributed by atoms with Crippen LogP contribution in [0, 0.1) is 0 Å². The number of carbonyl (C=O) groups is 2. The summed E-state index contributed by atoms with van der Waals surface area (Å²) in [4.78, 5) is 26.6. The first-order chi connectivity index (χ1) is 16.4. The molecule has 2 unspecified atom stereocenters. The maximum absolute atomic E-state index is 13.8. The van der Waals surface area contributed by atoms with Crippen LogP contribution < -0.4 is 14.1 Å². The normalized spacial score (nSPS) is 13.7. The van der Waals surface area contributed by atoms with Gasteiger partial charge in [-0.05, 0) is 91.0 Å². The van der Waals surface area contributed by atoms with Crippen LogP contribution in [0.4, 0.5) is 0 Å². The van der Waals surface area contributed by atoms with E-state index < -0.39 is 25.7 Å². The van der Waals surface area contributed by atoms with Gasteiger partial charge in [0.15, 0.2) is 5.75 Å². The highest BCUT2D eigenvalue weighted by atomic mass is 79.9. The van der Waals surface area contributed by atoms with Crippen molar-refractivity contribution in [2.45, 2.75) is 32.9 Å². The number of halogens is 2. The first-order valence-corrected chi connectivity index (χ1v) is 13.9. The molecular weight excluding hydrogens is 607 g/mol. The molecule has 0 aliphatic carbocycles. The summed E-state index contributed by atoms with van der Waals surface area (Å²) in [6.07, 6.45) is -0.351. The Labute approximate surface area is 222 Å². The number of nitrogens with one attached hydrogen (secondary N) is 1.